The Bertz CT molecular complexity index is 633. The van der Waals surface area contributed by atoms with Gasteiger partial charge in [-0.3, -0.25) is 0 Å². The molecule has 0 radical (unpaired) electrons. The lowest BCUT2D eigenvalue weighted by Gasteiger charge is -2.28. The van der Waals surface area contributed by atoms with Crippen LogP contribution >= 0.6 is 15.9 Å². The van der Waals surface area contributed by atoms with Crippen LogP contribution in [0, 0.1) is 11.6 Å². The molecule has 0 amide bonds. The largest absolute Gasteiger partial charge is 0.489 e. The summed E-state index contributed by atoms with van der Waals surface area (Å²) in [5, 5.41) is 3.16. The van der Waals surface area contributed by atoms with E-state index in [4.69, 9.17) is 4.74 Å². The van der Waals surface area contributed by atoms with E-state index in [-0.39, 0.29) is 12.2 Å². The third kappa shape index (κ3) is 2.42. The van der Waals surface area contributed by atoms with Crippen LogP contribution in [-0.4, -0.2) is 6.61 Å². The van der Waals surface area contributed by atoms with Gasteiger partial charge in [0.15, 0.2) is 0 Å². The van der Waals surface area contributed by atoms with E-state index in [9.17, 15) is 8.78 Å². The summed E-state index contributed by atoms with van der Waals surface area (Å²) in [4.78, 5) is 0. The summed E-state index contributed by atoms with van der Waals surface area (Å²) in [6.07, 6.45) is 0. The van der Waals surface area contributed by atoms with Gasteiger partial charge in [-0.25, -0.2) is 8.78 Å². The normalized spacial score (nSPS) is 17.3. The predicted octanol–water partition coefficient (Wildman–Crippen LogP) is 4.27. The topological polar surface area (TPSA) is 21.3 Å². The fraction of sp³-hybridized carbons (Fsp3) is 0.143. The van der Waals surface area contributed by atoms with Crippen LogP contribution in [0.3, 0.4) is 0 Å². The van der Waals surface area contributed by atoms with Crippen LogP contribution in [0.1, 0.15) is 11.6 Å². The van der Waals surface area contributed by atoms with E-state index in [0.717, 1.165) is 22.3 Å². The first-order valence-electron chi connectivity index (χ1n) is 5.77. The molecular formula is C14H10BrF2NO. The van der Waals surface area contributed by atoms with Crippen LogP contribution in [0.25, 0.3) is 0 Å². The summed E-state index contributed by atoms with van der Waals surface area (Å²) in [5.41, 5.74) is 1.03. The third-order valence-electron chi connectivity index (χ3n) is 3.01. The Balaban J connectivity index is 1.95. The van der Waals surface area contributed by atoms with Crippen LogP contribution in [0.2, 0.25) is 0 Å². The first-order valence-corrected chi connectivity index (χ1v) is 6.56. The molecule has 2 aromatic carbocycles. The van der Waals surface area contributed by atoms with Crippen molar-refractivity contribution in [2.24, 2.45) is 0 Å². The number of nitrogens with one attached hydrogen (secondary N) is 1. The third-order valence-corrected chi connectivity index (χ3v) is 3.50. The molecule has 3 rings (SSSR count). The minimum absolute atomic E-state index is 0.259. The average Bonchev–Trinajstić information content (AvgIpc) is 2.40. The molecule has 0 spiro atoms. The Hall–Kier alpha value is -1.62. The molecule has 1 N–H and O–H groups in total. The predicted molar refractivity (Wildman–Crippen MR) is 72.4 cm³/mol. The molecule has 2 nitrogen and oxygen atoms in total. The smallest absolute Gasteiger partial charge is 0.142 e. The highest BCUT2D eigenvalue weighted by Gasteiger charge is 2.23. The van der Waals surface area contributed by atoms with Gasteiger partial charge >= 0.3 is 0 Å². The summed E-state index contributed by atoms with van der Waals surface area (Å²) in [5.74, 6) is -0.199. The molecule has 0 saturated heterocycles. The molecule has 1 aliphatic heterocycles. The molecule has 0 bridgehead atoms. The minimum Gasteiger partial charge on any atom is -0.489 e. The first kappa shape index (κ1) is 12.4. The molecule has 1 unspecified atom stereocenters. The van der Waals surface area contributed by atoms with Crippen molar-refractivity contribution >= 4 is 21.6 Å². The Labute approximate surface area is 117 Å². The first-order chi connectivity index (χ1) is 9.13. The summed E-state index contributed by atoms with van der Waals surface area (Å²) >= 11 is 3.36. The lowest BCUT2D eigenvalue weighted by atomic mass is 10.0. The summed E-state index contributed by atoms with van der Waals surface area (Å²) in [7, 11) is 0. The molecule has 1 atom stereocenters. The quantitative estimate of drug-likeness (QED) is 0.845. The second-order valence-electron chi connectivity index (χ2n) is 4.31. The van der Waals surface area contributed by atoms with Crippen molar-refractivity contribution in [1.82, 2.24) is 0 Å². The highest BCUT2D eigenvalue weighted by molar-refractivity contribution is 9.10. The van der Waals surface area contributed by atoms with E-state index in [2.05, 4.69) is 21.2 Å². The maximum atomic E-state index is 13.7. The molecule has 1 aliphatic rings. The number of rotatable bonds is 1. The van der Waals surface area contributed by atoms with Crippen molar-refractivity contribution in [2.45, 2.75) is 6.04 Å². The lowest BCUT2D eigenvalue weighted by molar-refractivity contribution is 0.283. The van der Waals surface area contributed by atoms with Gasteiger partial charge < -0.3 is 10.1 Å². The number of hydrogen-bond donors (Lipinski definition) is 1. The van der Waals surface area contributed by atoms with Crippen LogP contribution < -0.4 is 10.1 Å². The minimum atomic E-state index is -0.460. The van der Waals surface area contributed by atoms with Crippen LogP contribution in [0.15, 0.2) is 40.9 Å². The molecule has 19 heavy (non-hydrogen) atoms. The van der Waals surface area contributed by atoms with Crippen LogP contribution in [0.5, 0.6) is 5.75 Å². The number of halogens is 3. The zero-order valence-corrected chi connectivity index (χ0v) is 11.4. The molecule has 0 saturated carbocycles. The Morgan fingerprint density at radius 1 is 1.16 bits per heavy atom. The van der Waals surface area contributed by atoms with Crippen molar-refractivity contribution < 1.29 is 13.5 Å². The molecular weight excluding hydrogens is 316 g/mol. The highest BCUT2D eigenvalue weighted by atomic mass is 79.9. The van der Waals surface area contributed by atoms with E-state index < -0.39 is 17.7 Å². The summed E-state index contributed by atoms with van der Waals surface area (Å²) in [6.45, 7) is 0.259. The summed E-state index contributed by atoms with van der Waals surface area (Å²) < 4.78 is 33.4. The number of anilines is 1. The number of fused-ring (bicyclic) bond motifs is 1. The van der Waals surface area contributed by atoms with Crippen molar-refractivity contribution in [2.75, 3.05) is 11.9 Å². The van der Waals surface area contributed by atoms with Gasteiger partial charge in [-0.15, -0.1) is 0 Å². The number of ether oxygens (including phenoxy) is 1. The van der Waals surface area contributed by atoms with Crippen molar-refractivity contribution in [3.63, 3.8) is 0 Å². The maximum absolute atomic E-state index is 13.7. The average molecular weight is 326 g/mol. The van der Waals surface area contributed by atoms with Crippen molar-refractivity contribution in [3.05, 3.63) is 58.1 Å². The zero-order valence-electron chi connectivity index (χ0n) is 9.79. The fourth-order valence-electron chi connectivity index (χ4n) is 2.09. The van der Waals surface area contributed by atoms with Gasteiger partial charge in [0.25, 0.3) is 0 Å². The van der Waals surface area contributed by atoms with Crippen LogP contribution in [-0.2, 0) is 0 Å². The number of benzene rings is 2. The van der Waals surface area contributed by atoms with E-state index in [1.807, 2.05) is 18.2 Å². The summed E-state index contributed by atoms with van der Waals surface area (Å²) in [6, 6.07) is 8.56. The second kappa shape index (κ2) is 4.81. The van der Waals surface area contributed by atoms with Gasteiger partial charge in [-0.1, -0.05) is 15.9 Å². The lowest BCUT2D eigenvalue weighted by Crippen LogP contribution is -2.24. The molecule has 0 aromatic heterocycles. The van der Waals surface area contributed by atoms with Crippen LogP contribution in [0.4, 0.5) is 14.5 Å². The van der Waals surface area contributed by atoms with Crippen molar-refractivity contribution in [1.29, 1.82) is 0 Å². The van der Waals surface area contributed by atoms with Crippen molar-refractivity contribution in [3.8, 4) is 5.75 Å². The van der Waals surface area contributed by atoms with Gasteiger partial charge in [0.05, 0.1) is 11.7 Å². The van der Waals surface area contributed by atoms with E-state index >= 15 is 0 Å². The highest BCUT2D eigenvalue weighted by Crippen LogP contribution is 2.36. The SMILES string of the molecule is Fc1ccc(F)c(C2COc3ccc(Br)cc3N2)c1. The zero-order chi connectivity index (χ0) is 13.4. The van der Waals surface area contributed by atoms with Gasteiger partial charge in [0, 0.05) is 10.0 Å². The molecule has 2 aromatic rings. The molecule has 0 fully saturated rings. The molecule has 0 aliphatic carbocycles. The number of hydrogen-bond acceptors (Lipinski definition) is 2. The van der Waals surface area contributed by atoms with E-state index in [1.165, 1.54) is 6.07 Å². The van der Waals surface area contributed by atoms with Gasteiger partial charge in [0.1, 0.15) is 24.0 Å². The maximum Gasteiger partial charge on any atom is 0.142 e. The monoisotopic (exact) mass is 325 g/mol. The Kier molecular flexibility index (Phi) is 3.14. The molecule has 1 heterocycles. The molecule has 5 heteroatoms. The van der Waals surface area contributed by atoms with Gasteiger partial charge in [0.2, 0.25) is 0 Å². The van der Waals surface area contributed by atoms with E-state index in [0.29, 0.717) is 5.75 Å². The fourth-order valence-corrected chi connectivity index (χ4v) is 2.45. The Morgan fingerprint density at radius 2 is 2.00 bits per heavy atom. The van der Waals surface area contributed by atoms with Gasteiger partial charge in [-0.05, 0) is 36.4 Å². The van der Waals surface area contributed by atoms with Gasteiger partial charge in [-0.2, -0.15) is 0 Å². The standard InChI is InChI=1S/C14H10BrF2NO/c15-8-1-4-14-12(5-8)18-13(7-19-14)10-6-9(16)2-3-11(10)17/h1-6,13,18H,7H2. The molecule has 98 valence electrons. The van der Waals surface area contributed by atoms with E-state index in [1.54, 1.807) is 0 Å². The second-order valence-corrected chi connectivity index (χ2v) is 5.23. The Morgan fingerprint density at radius 3 is 2.84 bits per heavy atom.